The van der Waals surface area contributed by atoms with Gasteiger partial charge in [-0.1, -0.05) is 48.5 Å². The Morgan fingerprint density at radius 1 is 0.938 bits per heavy atom. The molecule has 0 saturated carbocycles. The predicted molar refractivity (Wildman–Crippen MR) is 117 cm³/mol. The Hall–Kier alpha value is -3.68. The van der Waals surface area contributed by atoms with Gasteiger partial charge in [0.05, 0.1) is 20.1 Å². The summed E-state index contributed by atoms with van der Waals surface area (Å²) in [7, 11) is 1.36. The normalized spacial score (nSPS) is 10.8. The zero-order valence-corrected chi connectivity index (χ0v) is 17.6. The molecule has 0 heterocycles. The minimum Gasteiger partial charge on any atom is -0.493 e. The molecule has 0 aliphatic heterocycles. The lowest BCUT2D eigenvalue weighted by Gasteiger charge is -2.12. The fourth-order valence-electron chi connectivity index (χ4n) is 3.33. The van der Waals surface area contributed by atoms with Gasteiger partial charge in [0.1, 0.15) is 0 Å². The number of fused-ring (bicyclic) bond motifs is 1. The van der Waals surface area contributed by atoms with Crippen LogP contribution in [0.1, 0.15) is 11.1 Å². The summed E-state index contributed by atoms with van der Waals surface area (Å²) >= 11 is 0. The Labute approximate surface area is 184 Å². The minimum absolute atomic E-state index is 0.0629. The maximum Gasteiger partial charge on any atom is 0.387 e. The first-order valence-corrected chi connectivity index (χ1v) is 10.1. The molecule has 0 bridgehead atoms. The van der Waals surface area contributed by atoms with Crippen LogP contribution in [0.5, 0.6) is 11.5 Å². The van der Waals surface area contributed by atoms with Gasteiger partial charge >= 0.3 is 6.61 Å². The van der Waals surface area contributed by atoms with Crippen LogP contribution in [-0.2, 0) is 22.4 Å². The summed E-state index contributed by atoms with van der Waals surface area (Å²) in [5, 5.41) is 7.37. The van der Waals surface area contributed by atoms with Crippen LogP contribution in [0.25, 0.3) is 10.8 Å². The molecule has 3 aromatic rings. The monoisotopic (exact) mass is 442 g/mol. The number of alkyl halides is 2. The van der Waals surface area contributed by atoms with Crippen molar-refractivity contribution >= 4 is 22.6 Å². The van der Waals surface area contributed by atoms with Gasteiger partial charge in [-0.3, -0.25) is 9.59 Å². The highest BCUT2D eigenvalue weighted by Crippen LogP contribution is 2.29. The summed E-state index contributed by atoms with van der Waals surface area (Å²) in [5.74, 6) is -0.451. The Bertz CT molecular complexity index is 1080. The van der Waals surface area contributed by atoms with E-state index in [4.69, 9.17) is 4.74 Å². The summed E-state index contributed by atoms with van der Waals surface area (Å²) < 4.78 is 34.5. The van der Waals surface area contributed by atoms with Crippen LogP contribution in [0.15, 0.2) is 60.7 Å². The molecular formula is C24H24F2N2O4. The molecule has 8 heteroatoms. The van der Waals surface area contributed by atoms with Crippen LogP contribution in [0.3, 0.4) is 0 Å². The first-order chi connectivity index (χ1) is 15.5. The molecule has 0 aliphatic rings. The lowest BCUT2D eigenvalue weighted by Crippen LogP contribution is -2.38. The number of nitrogens with one attached hydrogen (secondary N) is 2. The molecule has 0 radical (unpaired) electrons. The molecule has 2 N–H and O–H groups in total. The van der Waals surface area contributed by atoms with Crippen molar-refractivity contribution in [1.82, 2.24) is 10.6 Å². The number of amides is 2. The van der Waals surface area contributed by atoms with E-state index in [1.165, 1.54) is 19.2 Å². The number of halogens is 2. The zero-order valence-electron chi connectivity index (χ0n) is 17.6. The van der Waals surface area contributed by atoms with Crippen molar-refractivity contribution in [3.8, 4) is 11.5 Å². The third kappa shape index (κ3) is 6.41. The highest BCUT2D eigenvalue weighted by Gasteiger charge is 2.12. The first-order valence-electron chi connectivity index (χ1n) is 10.1. The number of benzene rings is 3. The second kappa shape index (κ2) is 11.1. The lowest BCUT2D eigenvalue weighted by atomic mass is 10.0. The largest absolute Gasteiger partial charge is 0.493 e. The second-order valence-corrected chi connectivity index (χ2v) is 7.06. The molecule has 0 aromatic heterocycles. The topological polar surface area (TPSA) is 76.7 Å². The van der Waals surface area contributed by atoms with Crippen LogP contribution in [0.4, 0.5) is 8.78 Å². The molecule has 3 rings (SSSR count). The van der Waals surface area contributed by atoms with Crippen LogP contribution in [0, 0.1) is 0 Å². The van der Waals surface area contributed by atoms with Crippen molar-refractivity contribution in [3.05, 3.63) is 71.8 Å². The van der Waals surface area contributed by atoms with Crippen LogP contribution in [0.2, 0.25) is 0 Å². The summed E-state index contributed by atoms with van der Waals surface area (Å²) in [6.45, 7) is -2.83. The number of hydrogen-bond acceptors (Lipinski definition) is 4. The number of hydrogen-bond donors (Lipinski definition) is 2. The molecule has 0 atom stereocenters. The summed E-state index contributed by atoms with van der Waals surface area (Å²) in [4.78, 5) is 24.3. The molecule has 0 fully saturated rings. The SMILES string of the molecule is COc1ccc(CCNC(=O)CNC(=O)Cc2cccc3ccccc23)cc1OC(F)F. The van der Waals surface area contributed by atoms with Gasteiger partial charge in [0.25, 0.3) is 0 Å². The maximum absolute atomic E-state index is 12.5. The Kier molecular flexibility index (Phi) is 7.96. The van der Waals surface area contributed by atoms with Crippen LogP contribution >= 0.6 is 0 Å². The third-order valence-corrected chi connectivity index (χ3v) is 4.86. The van der Waals surface area contributed by atoms with Gasteiger partial charge in [-0.05, 0) is 40.5 Å². The summed E-state index contributed by atoms with van der Waals surface area (Å²) in [6, 6.07) is 18.3. The number of carbonyl (C=O) groups excluding carboxylic acids is 2. The molecule has 2 amide bonds. The Balaban J connectivity index is 1.45. The average Bonchev–Trinajstić information content (AvgIpc) is 2.78. The molecule has 0 spiro atoms. The van der Waals surface area contributed by atoms with Crippen molar-refractivity contribution in [2.45, 2.75) is 19.5 Å². The number of rotatable bonds is 10. The standard InChI is InChI=1S/C24H24F2N2O4/c1-31-20-10-9-16(13-21(20)32-24(25)26)11-12-27-23(30)15-28-22(29)14-18-7-4-6-17-5-2-3-8-19(17)18/h2-10,13,24H,11-12,14-15H2,1H3,(H,27,30)(H,28,29). The fourth-order valence-corrected chi connectivity index (χ4v) is 3.33. The molecule has 0 unspecified atom stereocenters. The maximum atomic E-state index is 12.5. The number of ether oxygens (including phenoxy) is 2. The van der Waals surface area contributed by atoms with E-state index >= 15 is 0 Å². The second-order valence-electron chi connectivity index (χ2n) is 7.06. The predicted octanol–water partition coefficient (Wildman–Crippen LogP) is 3.47. The number of carbonyl (C=O) groups is 2. The average molecular weight is 442 g/mol. The molecular weight excluding hydrogens is 418 g/mol. The quantitative estimate of drug-likeness (QED) is 0.504. The van der Waals surface area contributed by atoms with Gasteiger partial charge in [0.15, 0.2) is 11.5 Å². The van der Waals surface area contributed by atoms with Gasteiger partial charge < -0.3 is 20.1 Å². The summed E-state index contributed by atoms with van der Waals surface area (Å²) in [5.41, 5.74) is 1.59. The highest BCUT2D eigenvalue weighted by atomic mass is 19.3. The van der Waals surface area contributed by atoms with Crippen LogP contribution < -0.4 is 20.1 Å². The van der Waals surface area contributed by atoms with Crippen molar-refractivity contribution in [2.75, 3.05) is 20.2 Å². The lowest BCUT2D eigenvalue weighted by molar-refractivity contribution is -0.125. The molecule has 32 heavy (non-hydrogen) atoms. The third-order valence-electron chi connectivity index (χ3n) is 4.86. The molecule has 168 valence electrons. The van der Waals surface area contributed by atoms with E-state index in [0.29, 0.717) is 12.0 Å². The highest BCUT2D eigenvalue weighted by molar-refractivity contribution is 5.91. The van der Waals surface area contributed by atoms with Crippen molar-refractivity contribution in [2.24, 2.45) is 0 Å². The van der Waals surface area contributed by atoms with Gasteiger partial charge in [0.2, 0.25) is 11.8 Å². The van der Waals surface area contributed by atoms with E-state index in [1.54, 1.807) is 6.07 Å². The number of methoxy groups -OCH3 is 1. The van der Waals surface area contributed by atoms with Gasteiger partial charge in [0, 0.05) is 6.54 Å². The zero-order chi connectivity index (χ0) is 22.9. The van der Waals surface area contributed by atoms with Gasteiger partial charge in [-0.15, -0.1) is 0 Å². The van der Waals surface area contributed by atoms with E-state index in [-0.39, 0.29) is 42.8 Å². The fraction of sp³-hybridized carbons (Fsp3) is 0.250. The van der Waals surface area contributed by atoms with Gasteiger partial charge in [-0.2, -0.15) is 8.78 Å². The summed E-state index contributed by atoms with van der Waals surface area (Å²) in [6.07, 6.45) is 0.576. The molecule has 0 saturated heterocycles. The van der Waals surface area contributed by atoms with Crippen LogP contribution in [-0.4, -0.2) is 38.6 Å². The van der Waals surface area contributed by atoms with E-state index in [1.807, 2.05) is 42.5 Å². The van der Waals surface area contributed by atoms with Gasteiger partial charge in [-0.25, -0.2) is 0 Å². The Morgan fingerprint density at radius 2 is 1.72 bits per heavy atom. The Morgan fingerprint density at radius 3 is 2.50 bits per heavy atom. The van der Waals surface area contributed by atoms with Crippen molar-refractivity contribution < 1.29 is 27.8 Å². The van der Waals surface area contributed by atoms with E-state index < -0.39 is 6.61 Å². The molecule has 6 nitrogen and oxygen atoms in total. The first kappa shape index (κ1) is 23.0. The van der Waals surface area contributed by atoms with E-state index in [2.05, 4.69) is 15.4 Å². The smallest absolute Gasteiger partial charge is 0.387 e. The minimum atomic E-state index is -2.96. The molecule has 3 aromatic carbocycles. The molecule has 0 aliphatic carbocycles. The van der Waals surface area contributed by atoms with Crippen molar-refractivity contribution in [1.29, 1.82) is 0 Å². The van der Waals surface area contributed by atoms with Crippen molar-refractivity contribution in [3.63, 3.8) is 0 Å². The van der Waals surface area contributed by atoms with E-state index in [0.717, 1.165) is 16.3 Å². The van der Waals surface area contributed by atoms with E-state index in [9.17, 15) is 18.4 Å².